The molecule has 0 aromatic heterocycles. The van der Waals surface area contributed by atoms with Crippen LogP contribution < -0.4 is 4.90 Å². The van der Waals surface area contributed by atoms with Crippen LogP contribution in [0.5, 0.6) is 0 Å². The highest BCUT2D eigenvalue weighted by atomic mass is 35.5. The Morgan fingerprint density at radius 2 is 2.12 bits per heavy atom. The van der Waals surface area contributed by atoms with Crippen molar-refractivity contribution in [2.45, 2.75) is 26.3 Å². The van der Waals surface area contributed by atoms with Crippen molar-refractivity contribution in [1.29, 1.82) is 0 Å². The summed E-state index contributed by atoms with van der Waals surface area (Å²) in [5, 5.41) is -0.504. The number of benzene rings is 1. The molecule has 1 amide bonds. The molecular formula is C12H12ClNO2. The Bertz CT molecular complexity index is 468. The molecule has 0 aliphatic carbocycles. The molecule has 1 aliphatic rings. The number of rotatable bonds is 2. The third-order valence-corrected chi connectivity index (χ3v) is 2.94. The fourth-order valence-electron chi connectivity index (χ4n) is 2.11. The Hall–Kier alpha value is -1.35. The maximum Gasteiger partial charge on any atom is 0.252 e. The van der Waals surface area contributed by atoms with Crippen molar-refractivity contribution in [2.75, 3.05) is 4.90 Å². The van der Waals surface area contributed by atoms with Crippen LogP contribution in [-0.4, -0.2) is 17.2 Å². The van der Waals surface area contributed by atoms with E-state index in [1.165, 1.54) is 0 Å². The van der Waals surface area contributed by atoms with Gasteiger partial charge in [-0.15, -0.1) is 0 Å². The quantitative estimate of drug-likeness (QED) is 0.741. The summed E-state index contributed by atoms with van der Waals surface area (Å²) in [5.74, 6) is 0.0235. The van der Waals surface area contributed by atoms with Crippen molar-refractivity contribution in [1.82, 2.24) is 0 Å². The van der Waals surface area contributed by atoms with Gasteiger partial charge >= 0.3 is 0 Å². The molecule has 2 rings (SSSR count). The molecule has 1 aromatic rings. The second-order valence-electron chi connectivity index (χ2n) is 4.11. The molecule has 0 saturated carbocycles. The van der Waals surface area contributed by atoms with Crippen molar-refractivity contribution in [3.05, 3.63) is 29.3 Å². The molecule has 3 nitrogen and oxygen atoms in total. The predicted octanol–water partition coefficient (Wildman–Crippen LogP) is 2.36. The van der Waals surface area contributed by atoms with E-state index in [1.807, 2.05) is 19.9 Å². The fraction of sp³-hybridized carbons (Fsp3) is 0.333. The van der Waals surface area contributed by atoms with Gasteiger partial charge in [0.15, 0.2) is 0 Å². The molecule has 0 radical (unpaired) electrons. The van der Waals surface area contributed by atoms with Gasteiger partial charge in [0, 0.05) is 17.3 Å². The maximum absolute atomic E-state index is 11.8. The number of fused-ring (bicyclic) bond motifs is 1. The lowest BCUT2D eigenvalue weighted by Gasteiger charge is -2.21. The average molecular weight is 238 g/mol. The number of carbonyl (C=O) groups excluding carboxylic acids is 2. The minimum absolute atomic E-state index is 0.0235. The molecule has 16 heavy (non-hydrogen) atoms. The van der Waals surface area contributed by atoms with Crippen LogP contribution in [0, 0.1) is 0 Å². The molecular weight excluding hydrogens is 226 g/mol. The van der Waals surface area contributed by atoms with Crippen LogP contribution in [0.15, 0.2) is 18.2 Å². The molecule has 0 N–H and O–H groups in total. The van der Waals surface area contributed by atoms with Crippen LogP contribution in [0.4, 0.5) is 5.69 Å². The molecule has 0 spiro atoms. The van der Waals surface area contributed by atoms with E-state index in [4.69, 9.17) is 11.6 Å². The highest BCUT2D eigenvalue weighted by Gasteiger charge is 2.31. The predicted molar refractivity (Wildman–Crippen MR) is 63.0 cm³/mol. The maximum atomic E-state index is 11.8. The van der Waals surface area contributed by atoms with Crippen molar-refractivity contribution in [3.63, 3.8) is 0 Å². The topological polar surface area (TPSA) is 37.4 Å². The van der Waals surface area contributed by atoms with Gasteiger partial charge in [-0.1, -0.05) is 6.07 Å². The molecule has 1 aromatic carbocycles. The first-order valence-corrected chi connectivity index (χ1v) is 5.54. The first kappa shape index (κ1) is 11.1. The zero-order valence-corrected chi connectivity index (χ0v) is 9.91. The molecule has 0 saturated heterocycles. The molecule has 4 heteroatoms. The van der Waals surface area contributed by atoms with Crippen LogP contribution >= 0.6 is 11.6 Å². The van der Waals surface area contributed by atoms with Gasteiger partial charge in [0.2, 0.25) is 5.91 Å². The number of hydrogen-bond acceptors (Lipinski definition) is 2. The number of anilines is 1. The normalized spacial score (nSPS) is 14.5. The van der Waals surface area contributed by atoms with E-state index in [1.54, 1.807) is 17.0 Å². The second-order valence-corrected chi connectivity index (χ2v) is 4.45. The minimum Gasteiger partial charge on any atom is -0.309 e. The number of nitrogens with zero attached hydrogens (tertiary/aromatic N) is 1. The SMILES string of the molecule is CC(C)N1C(=O)Cc2c(C(=O)Cl)cccc21. The summed E-state index contributed by atoms with van der Waals surface area (Å²) in [6.07, 6.45) is 0.266. The fourth-order valence-corrected chi connectivity index (χ4v) is 2.28. The molecule has 84 valence electrons. The lowest BCUT2D eigenvalue weighted by Crippen LogP contribution is -2.33. The summed E-state index contributed by atoms with van der Waals surface area (Å²) in [7, 11) is 0. The smallest absolute Gasteiger partial charge is 0.252 e. The monoisotopic (exact) mass is 237 g/mol. The zero-order valence-electron chi connectivity index (χ0n) is 9.16. The molecule has 0 bridgehead atoms. The van der Waals surface area contributed by atoms with E-state index >= 15 is 0 Å². The first-order chi connectivity index (χ1) is 7.52. The third-order valence-electron chi connectivity index (χ3n) is 2.74. The van der Waals surface area contributed by atoms with E-state index in [2.05, 4.69) is 0 Å². The summed E-state index contributed by atoms with van der Waals surface area (Å²) in [6.45, 7) is 3.89. The molecule has 0 fully saturated rings. The van der Waals surface area contributed by atoms with Gasteiger partial charge in [-0.3, -0.25) is 9.59 Å². The highest BCUT2D eigenvalue weighted by molar-refractivity contribution is 6.68. The Balaban J connectivity index is 2.57. The highest BCUT2D eigenvalue weighted by Crippen LogP contribution is 2.33. The van der Waals surface area contributed by atoms with Crippen molar-refractivity contribution >= 4 is 28.4 Å². The first-order valence-electron chi connectivity index (χ1n) is 5.16. The lowest BCUT2D eigenvalue weighted by molar-refractivity contribution is -0.117. The van der Waals surface area contributed by atoms with Crippen LogP contribution in [0.1, 0.15) is 29.8 Å². The minimum atomic E-state index is -0.504. The van der Waals surface area contributed by atoms with E-state index < -0.39 is 5.24 Å². The van der Waals surface area contributed by atoms with Crippen molar-refractivity contribution in [2.24, 2.45) is 0 Å². The number of halogens is 1. The van der Waals surface area contributed by atoms with Gasteiger partial charge < -0.3 is 4.90 Å². The van der Waals surface area contributed by atoms with E-state index in [-0.39, 0.29) is 18.4 Å². The molecule has 0 atom stereocenters. The van der Waals surface area contributed by atoms with Crippen LogP contribution in [0.2, 0.25) is 0 Å². The van der Waals surface area contributed by atoms with E-state index in [0.717, 1.165) is 11.3 Å². The lowest BCUT2D eigenvalue weighted by atomic mass is 10.1. The summed E-state index contributed by atoms with van der Waals surface area (Å²) in [4.78, 5) is 24.7. The zero-order chi connectivity index (χ0) is 11.9. The number of amides is 1. The van der Waals surface area contributed by atoms with Crippen LogP contribution in [0.25, 0.3) is 0 Å². The largest absolute Gasteiger partial charge is 0.309 e. The number of carbonyl (C=O) groups is 2. The molecule has 0 unspecified atom stereocenters. The second kappa shape index (κ2) is 3.91. The summed E-state index contributed by atoms with van der Waals surface area (Å²) in [6, 6.07) is 5.35. The molecule has 1 aliphatic heterocycles. The van der Waals surface area contributed by atoms with E-state index in [9.17, 15) is 9.59 Å². The standard InChI is InChI=1S/C12H12ClNO2/c1-7(2)14-10-5-3-4-8(12(13)16)9(10)6-11(14)15/h3-5,7H,6H2,1-2H3. The third kappa shape index (κ3) is 1.61. The van der Waals surface area contributed by atoms with E-state index in [0.29, 0.717) is 5.56 Å². The van der Waals surface area contributed by atoms with Crippen molar-refractivity contribution in [3.8, 4) is 0 Å². The summed E-state index contributed by atoms with van der Waals surface area (Å²) >= 11 is 5.49. The Morgan fingerprint density at radius 1 is 1.44 bits per heavy atom. The van der Waals surface area contributed by atoms with Crippen LogP contribution in [0.3, 0.4) is 0 Å². The van der Waals surface area contributed by atoms with Crippen molar-refractivity contribution < 1.29 is 9.59 Å². The Kier molecular flexibility index (Phi) is 2.72. The van der Waals surface area contributed by atoms with Gasteiger partial charge in [0.1, 0.15) is 0 Å². The average Bonchev–Trinajstić information content (AvgIpc) is 2.52. The molecule has 1 heterocycles. The van der Waals surface area contributed by atoms with Gasteiger partial charge in [-0.25, -0.2) is 0 Å². The summed E-state index contributed by atoms with van der Waals surface area (Å²) < 4.78 is 0. The van der Waals surface area contributed by atoms with Gasteiger partial charge in [-0.2, -0.15) is 0 Å². The number of hydrogen-bond donors (Lipinski definition) is 0. The van der Waals surface area contributed by atoms with Gasteiger partial charge in [0.05, 0.1) is 6.42 Å². The Morgan fingerprint density at radius 3 is 2.69 bits per heavy atom. The Labute approximate surface area is 99.0 Å². The van der Waals surface area contributed by atoms with Crippen LogP contribution in [-0.2, 0) is 11.2 Å². The van der Waals surface area contributed by atoms with Gasteiger partial charge in [0.25, 0.3) is 5.24 Å². The summed E-state index contributed by atoms with van der Waals surface area (Å²) in [5.41, 5.74) is 2.00. The van der Waals surface area contributed by atoms with Gasteiger partial charge in [-0.05, 0) is 43.1 Å².